The molecule has 0 saturated carbocycles. The van der Waals surface area contributed by atoms with Gasteiger partial charge in [0.05, 0.1) is 15.8 Å². The highest BCUT2D eigenvalue weighted by atomic mass is 32.2. The maximum absolute atomic E-state index is 13.5. The quantitative estimate of drug-likeness (QED) is 0.692. The average molecular weight is 223 g/mol. The summed E-state index contributed by atoms with van der Waals surface area (Å²) in [5, 5.41) is 0.173. The van der Waals surface area contributed by atoms with Crippen molar-refractivity contribution in [2.45, 2.75) is 4.90 Å². The summed E-state index contributed by atoms with van der Waals surface area (Å²) in [6.45, 7) is 0. The minimum Gasteiger partial charge on any atom is -0.349 e. The van der Waals surface area contributed by atoms with Crippen molar-refractivity contribution in [2.75, 3.05) is 6.26 Å². The number of rotatable bonds is 1. The van der Waals surface area contributed by atoms with Crippen molar-refractivity contribution in [1.29, 1.82) is 0 Å². The molecule has 2 nitrogen and oxygen atoms in total. The third-order valence-corrected chi connectivity index (χ3v) is 3.08. The Morgan fingerprint density at radius 2 is 2.13 bits per heavy atom. The first-order valence-corrected chi connectivity index (χ1v) is 5.69. The number of hydrogen-bond acceptors (Lipinski definition) is 2. The van der Waals surface area contributed by atoms with E-state index in [0.717, 1.165) is 0 Å². The molecule has 0 bridgehead atoms. The molecule has 0 N–H and O–H groups in total. The van der Waals surface area contributed by atoms with E-state index in [-0.39, 0.29) is 10.8 Å². The van der Waals surface area contributed by atoms with E-state index in [1.54, 1.807) is 29.9 Å². The number of aryl methyl sites for hydroxylation is 1. The molecule has 1 aromatic heterocycles. The molecule has 0 atom stereocenters. The van der Waals surface area contributed by atoms with Crippen LogP contribution in [0.5, 0.6) is 0 Å². The van der Waals surface area contributed by atoms with Crippen molar-refractivity contribution in [3.8, 4) is 0 Å². The third-order valence-electron chi connectivity index (χ3n) is 2.35. The summed E-state index contributed by atoms with van der Waals surface area (Å²) in [6.07, 6.45) is 3.54. The fourth-order valence-electron chi connectivity index (χ4n) is 1.60. The Kier molecular flexibility index (Phi) is 2.52. The van der Waals surface area contributed by atoms with Crippen LogP contribution in [0.4, 0.5) is 4.39 Å². The molecule has 0 unspecified atom stereocenters. The molecule has 1 aromatic carbocycles. The van der Waals surface area contributed by atoms with E-state index >= 15 is 0 Å². The molecule has 0 radical (unpaired) electrons. The highest BCUT2D eigenvalue weighted by Crippen LogP contribution is 2.18. The van der Waals surface area contributed by atoms with Gasteiger partial charge in [0.2, 0.25) is 5.43 Å². The van der Waals surface area contributed by atoms with E-state index in [1.807, 2.05) is 6.26 Å². The van der Waals surface area contributed by atoms with Gasteiger partial charge >= 0.3 is 0 Å². The van der Waals surface area contributed by atoms with E-state index in [4.69, 9.17) is 0 Å². The topological polar surface area (TPSA) is 22.0 Å². The summed E-state index contributed by atoms with van der Waals surface area (Å²) in [6, 6.07) is 4.66. The van der Waals surface area contributed by atoms with Gasteiger partial charge in [0.25, 0.3) is 0 Å². The van der Waals surface area contributed by atoms with Crippen LogP contribution in [0.25, 0.3) is 10.9 Å². The summed E-state index contributed by atoms with van der Waals surface area (Å²) < 4.78 is 15.3. The van der Waals surface area contributed by atoms with Crippen LogP contribution in [0.15, 0.2) is 34.1 Å². The zero-order valence-electron chi connectivity index (χ0n) is 8.45. The van der Waals surface area contributed by atoms with Crippen molar-refractivity contribution in [2.24, 2.45) is 7.05 Å². The van der Waals surface area contributed by atoms with E-state index in [1.165, 1.54) is 17.8 Å². The van der Waals surface area contributed by atoms with Gasteiger partial charge in [-0.2, -0.15) is 0 Å². The molecule has 0 spiro atoms. The van der Waals surface area contributed by atoms with Crippen molar-refractivity contribution in [1.82, 2.24) is 4.57 Å². The van der Waals surface area contributed by atoms with Crippen LogP contribution in [-0.4, -0.2) is 10.8 Å². The summed E-state index contributed by atoms with van der Waals surface area (Å²) in [5.74, 6) is -0.455. The van der Waals surface area contributed by atoms with Gasteiger partial charge in [0, 0.05) is 13.2 Å². The first-order valence-electron chi connectivity index (χ1n) is 4.47. The number of thioether (sulfide) groups is 1. The van der Waals surface area contributed by atoms with Gasteiger partial charge in [-0.15, -0.1) is 11.8 Å². The van der Waals surface area contributed by atoms with Crippen LogP contribution in [0.2, 0.25) is 0 Å². The van der Waals surface area contributed by atoms with E-state index in [2.05, 4.69) is 0 Å². The van der Waals surface area contributed by atoms with Crippen LogP contribution in [0.1, 0.15) is 0 Å². The Morgan fingerprint density at radius 1 is 1.40 bits per heavy atom. The Morgan fingerprint density at radius 3 is 2.80 bits per heavy atom. The maximum Gasteiger partial charge on any atom is 0.205 e. The molecule has 0 aliphatic heterocycles. The smallest absolute Gasteiger partial charge is 0.205 e. The van der Waals surface area contributed by atoms with Crippen LogP contribution in [-0.2, 0) is 7.05 Å². The minimum absolute atomic E-state index is 0.173. The Labute approximate surface area is 90.7 Å². The SMILES string of the molecule is CSc1cn(C)c2cccc(F)c2c1=O. The summed E-state index contributed by atoms with van der Waals surface area (Å²) in [7, 11) is 1.81. The summed E-state index contributed by atoms with van der Waals surface area (Å²) in [5.41, 5.74) is 0.395. The molecule has 15 heavy (non-hydrogen) atoms. The first kappa shape index (κ1) is 10.2. The second-order valence-corrected chi connectivity index (χ2v) is 4.12. The fraction of sp³-hybridized carbons (Fsp3) is 0.182. The monoisotopic (exact) mass is 223 g/mol. The molecule has 1 heterocycles. The second kappa shape index (κ2) is 3.70. The van der Waals surface area contributed by atoms with Crippen molar-refractivity contribution >= 4 is 22.7 Å². The molecule has 0 fully saturated rings. The van der Waals surface area contributed by atoms with Gasteiger partial charge in [-0.25, -0.2) is 4.39 Å². The van der Waals surface area contributed by atoms with E-state index < -0.39 is 5.82 Å². The van der Waals surface area contributed by atoms with Crippen molar-refractivity contribution < 1.29 is 4.39 Å². The Bertz CT molecular complexity index is 577. The lowest BCUT2D eigenvalue weighted by molar-refractivity contribution is 0.637. The predicted octanol–water partition coefficient (Wildman–Crippen LogP) is 2.40. The number of hydrogen-bond donors (Lipinski definition) is 0. The van der Waals surface area contributed by atoms with Gasteiger partial charge < -0.3 is 4.57 Å². The Hall–Kier alpha value is -1.29. The molecule has 0 aliphatic rings. The first-order chi connectivity index (χ1) is 7.15. The summed E-state index contributed by atoms with van der Waals surface area (Å²) in [4.78, 5) is 12.4. The molecule has 2 aromatic rings. The van der Waals surface area contributed by atoms with Crippen LogP contribution >= 0.6 is 11.8 Å². The molecular weight excluding hydrogens is 213 g/mol. The lowest BCUT2D eigenvalue weighted by Gasteiger charge is -2.07. The molecule has 4 heteroatoms. The highest BCUT2D eigenvalue weighted by molar-refractivity contribution is 7.98. The number of pyridine rings is 1. The largest absolute Gasteiger partial charge is 0.349 e. The van der Waals surface area contributed by atoms with Crippen molar-refractivity contribution in [3.05, 3.63) is 40.4 Å². The highest BCUT2D eigenvalue weighted by Gasteiger charge is 2.10. The van der Waals surface area contributed by atoms with E-state index in [0.29, 0.717) is 10.4 Å². The lowest BCUT2D eigenvalue weighted by atomic mass is 10.2. The number of nitrogens with zero attached hydrogens (tertiary/aromatic N) is 1. The standard InChI is InChI=1S/C11H10FNOS/c1-13-6-9(15-2)11(14)10-7(12)4-3-5-8(10)13/h3-6H,1-2H3. The number of aromatic nitrogens is 1. The van der Waals surface area contributed by atoms with Crippen LogP contribution in [0.3, 0.4) is 0 Å². The average Bonchev–Trinajstić information content (AvgIpc) is 2.23. The molecular formula is C11H10FNOS. The van der Waals surface area contributed by atoms with Gasteiger partial charge in [0.15, 0.2) is 0 Å². The fourth-order valence-corrected chi connectivity index (χ4v) is 2.16. The van der Waals surface area contributed by atoms with Gasteiger partial charge in [-0.05, 0) is 18.4 Å². The minimum atomic E-state index is -0.455. The zero-order chi connectivity index (χ0) is 11.0. The lowest BCUT2D eigenvalue weighted by Crippen LogP contribution is -2.10. The van der Waals surface area contributed by atoms with Gasteiger partial charge in [-0.3, -0.25) is 4.79 Å². The number of halogens is 1. The van der Waals surface area contributed by atoms with Crippen LogP contribution < -0.4 is 5.43 Å². The zero-order valence-corrected chi connectivity index (χ0v) is 9.27. The molecule has 2 rings (SSSR count). The predicted molar refractivity (Wildman–Crippen MR) is 60.9 cm³/mol. The summed E-state index contributed by atoms with van der Waals surface area (Å²) >= 11 is 1.33. The molecule has 0 amide bonds. The maximum atomic E-state index is 13.5. The normalized spacial score (nSPS) is 10.9. The Balaban J connectivity index is 3.02. The van der Waals surface area contributed by atoms with Crippen molar-refractivity contribution in [3.63, 3.8) is 0 Å². The van der Waals surface area contributed by atoms with Gasteiger partial charge in [0.1, 0.15) is 5.82 Å². The third kappa shape index (κ3) is 1.55. The number of fused-ring (bicyclic) bond motifs is 1. The molecule has 0 saturated heterocycles. The molecule has 0 aliphatic carbocycles. The van der Waals surface area contributed by atoms with E-state index in [9.17, 15) is 9.18 Å². The molecule has 78 valence electrons. The van der Waals surface area contributed by atoms with Crippen LogP contribution in [0, 0.1) is 5.82 Å². The van der Waals surface area contributed by atoms with Gasteiger partial charge in [-0.1, -0.05) is 6.07 Å². The second-order valence-electron chi connectivity index (χ2n) is 3.27. The number of benzene rings is 1.